The number of alkyl halides is 8. The molecular formula is C24H24F8N8. The Balaban J connectivity index is 1.76. The highest BCUT2D eigenvalue weighted by atomic mass is 19.4. The van der Waals surface area contributed by atoms with Gasteiger partial charge in [0, 0.05) is 18.5 Å². The van der Waals surface area contributed by atoms with Crippen LogP contribution in [0.15, 0.2) is 30.3 Å². The molecule has 4 aromatic rings. The summed E-state index contributed by atoms with van der Waals surface area (Å²) in [6.45, 7) is 3.51. The molecule has 1 N–H and O–H groups in total. The average molecular weight is 576 g/mol. The summed E-state index contributed by atoms with van der Waals surface area (Å²) in [4.78, 5) is 4.05. The van der Waals surface area contributed by atoms with E-state index in [1.165, 1.54) is 28.9 Å². The van der Waals surface area contributed by atoms with Crippen LogP contribution in [0.2, 0.25) is 0 Å². The summed E-state index contributed by atoms with van der Waals surface area (Å²) in [7, 11) is 0. The molecule has 0 aliphatic rings. The Morgan fingerprint density at radius 2 is 1.60 bits per heavy atom. The Morgan fingerprint density at radius 3 is 2.15 bits per heavy atom. The quantitative estimate of drug-likeness (QED) is 0.216. The summed E-state index contributed by atoms with van der Waals surface area (Å²) in [5, 5.41) is 15.9. The number of aromatic nitrogens is 8. The maximum absolute atomic E-state index is 14.5. The van der Waals surface area contributed by atoms with Crippen LogP contribution in [0, 0.1) is 0 Å². The number of hydrogen-bond donors (Lipinski definition) is 1. The van der Waals surface area contributed by atoms with E-state index in [0.29, 0.717) is 28.8 Å². The Hall–Kier alpha value is -3.85. The molecule has 0 saturated heterocycles. The lowest BCUT2D eigenvalue weighted by molar-refractivity contribution is -0.143. The number of aryl methyl sites for hydroxylation is 1. The number of rotatable bonds is 10. The van der Waals surface area contributed by atoms with Crippen LogP contribution < -0.4 is 0 Å². The molecule has 0 radical (unpaired) electrons. The molecule has 3 aromatic heterocycles. The van der Waals surface area contributed by atoms with Crippen LogP contribution in [0.25, 0.3) is 17.2 Å². The Labute approximate surface area is 222 Å². The fraction of sp³-hybridized carbons (Fsp3) is 0.458. The zero-order chi connectivity index (χ0) is 29.3. The van der Waals surface area contributed by atoms with Gasteiger partial charge in [-0.1, -0.05) is 32.4 Å². The molecule has 16 heteroatoms. The number of H-pyrrole nitrogens is 1. The topological polar surface area (TPSA) is 90.1 Å². The molecule has 40 heavy (non-hydrogen) atoms. The molecule has 3 heterocycles. The van der Waals surface area contributed by atoms with Gasteiger partial charge in [-0.15, -0.1) is 10.2 Å². The van der Waals surface area contributed by atoms with E-state index >= 15 is 0 Å². The lowest BCUT2D eigenvalue weighted by Crippen LogP contribution is -2.16. The number of hydrogen-bond acceptors (Lipinski definition) is 5. The Bertz CT molecular complexity index is 1420. The van der Waals surface area contributed by atoms with E-state index in [1.54, 1.807) is 6.92 Å². The van der Waals surface area contributed by atoms with Crippen LogP contribution in [0.5, 0.6) is 0 Å². The highest BCUT2D eigenvalue weighted by Crippen LogP contribution is 2.44. The van der Waals surface area contributed by atoms with E-state index < -0.39 is 53.3 Å². The number of unbranched alkanes of at least 4 members (excludes halogenated alkanes) is 1. The molecule has 0 atom stereocenters. The van der Waals surface area contributed by atoms with Crippen molar-refractivity contribution >= 4 is 0 Å². The van der Waals surface area contributed by atoms with Crippen LogP contribution >= 0.6 is 0 Å². The third-order valence-corrected chi connectivity index (χ3v) is 6.09. The molecule has 0 aliphatic carbocycles. The molecule has 0 spiro atoms. The molecule has 0 saturated carbocycles. The molecule has 216 valence electrons. The second-order valence-corrected chi connectivity index (χ2v) is 9.11. The minimum Gasteiger partial charge on any atom is -0.302 e. The molecule has 0 amide bonds. The van der Waals surface area contributed by atoms with Crippen LogP contribution in [0.4, 0.5) is 35.1 Å². The normalized spacial score (nSPS) is 12.8. The third-order valence-electron chi connectivity index (χ3n) is 6.09. The second kappa shape index (κ2) is 11.0. The van der Waals surface area contributed by atoms with E-state index in [9.17, 15) is 35.1 Å². The molecule has 8 nitrogen and oxygen atoms in total. The number of benzene rings is 1. The van der Waals surface area contributed by atoms with Gasteiger partial charge in [0.1, 0.15) is 17.2 Å². The zero-order valence-electron chi connectivity index (χ0n) is 21.3. The summed E-state index contributed by atoms with van der Waals surface area (Å²) in [5.41, 5.74) is -3.88. The molecule has 0 unspecified atom stereocenters. The lowest BCUT2D eigenvalue weighted by atomic mass is 10.2. The van der Waals surface area contributed by atoms with Gasteiger partial charge in [-0.25, -0.2) is 14.8 Å². The van der Waals surface area contributed by atoms with Crippen molar-refractivity contribution in [2.45, 2.75) is 70.8 Å². The predicted molar refractivity (Wildman–Crippen MR) is 125 cm³/mol. The van der Waals surface area contributed by atoms with Gasteiger partial charge in [0.15, 0.2) is 5.82 Å². The largest absolute Gasteiger partial charge is 0.431 e. The van der Waals surface area contributed by atoms with Gasteiger partial charge in [-0.3, -0.25) is 0 Å². The minimum absolute atomic E-state index is 0.000805. The Kier molecular flexibility index (Phi) is 7.99. The number of nitrogens with zero attached hydrogens (tertiary/aromatic N) is 7. The smallest absolute Gasteiger partial charge is 0.302 e. The molecule has 0 fully saturated rings. The molecule has 0 bridgehead atoms. The summed E-state index contributed by atoms with van der Waals surface area (Å²) in [6, 6.07) is 5.13. The number of halogens is 8. The van der Waals surface area contributed by atoms with Crippen LogP contribution in [-0.4, -0.2) is 40.0 Å². The fourth-order valence-corrected chi connectivity index (χ4v) is 4.22. The van der Waals surface area contributed by atoms with Crippen molar-refractivity contribution in [2.75, 3.05) is 0 Å². The van der Waals surface area contributed by atoms with Crippen LogP contribution in [-0.2, 0) is 31.2 Å². The fourth-order valence-electron chi connectivity index (χ4n) is 4.22. The average Bonchev–Trinajstić information content (AvgIpc) is 3.61. The maximum atomic E-state index is 14.5. The van der Waals surface area contributed by atoms with Crippen molar-refractivity contribution in [1.82, 2.24) is 40.0 Å². The van der Waals surface area contributed by atoms with Crippen LogP contribution in [0.1, 0.15) is 68.0 Å². The van der Waals surface area contributed by atoms with Crippen molar-refractivity contribution in [3.63, 3.8) is 0 Å². The van der Waals surface area contributed by atoms with Gasteiger partial charge < -0.3 is 4.57 Å². The monoisotopic (exact) mass is 576 g/mol. The van der Waals surface area contributed by atoms with Crippen LogP contribution in [0.3, 0.4) is 0 Å². The predicted octanol–water partition coefficient (Wildman–Crippen LogP) is 6.57. The van der Waals surface area contributed by atoms with Gasteiger partial charge in [-0.05, 0) is 47.0 Å². The lowest BCUT2D eigenvalue weighted by Gasteiger charge is -2.16. The summed E-state index contributed by atoms with van der Waals surface area (Å²) in [5.74, 6) is -4.12. The van der Waals surface area contributed by atoms with Gasteiger partial charge >= 0.3 is 18.3 Å². The number of aromatic amines is 1. The summed E-state index contributed by atoms with van der Waals surface area (Å²) >= 11 is 0. The van der Waals surface area contributed by atoms with E-state index in [2.05, 4.69) is 30.7 Å². The minimum atomic E-state index is -5.15. The summed E-state index contributed by atoms with van der Waals surface area (Å²) < 4.78 is 114. The highest BCUT2D eigenvalue weighted by molar-refractivity contribution is 5.63. The van der Waals surface area contributed by atoms with Gasteiger partial charge in [-0.2, -0.15) is 35.1 Å². The first-order valence-electron chi connectivity index (χ1n) is 12.3. The van der Waals surface area contributed by atoms with E-state index in [1.807, 2.05) is 6.92 Å². The first-order chi connectivity index (χ1) is 18.8. The first kappa shape index (κ1) is 29.1. The molecule has 0 aliphatic heterocycles. The maximum Gasteiger partial charge on any atom is 0.431 e. The third kappa shape index (κ3) is 5.99. The highest BCUT2D eigenvalue weighted by Gasteiger charge is 2.45. The van der Waals surface area contributed by atoms with E-state index in [0.717, 1.165) is 6.42 Å². The molecule has 1 aromatic carbocycles. The number of tetrazole rings is 1. The Morgan fingerprint density at radius 1 is 0.900 bits per heavy atom. The van der Waals surface area contributed by atoms with Crippen molar-refractivity contribution < 1.29 is 35.1 Å². The van der Waals surface area contributed by atoms with E-state index in [4.69, 9.17) is 0 Å². The van der Waals surface area contributed by atoms with E-state index in [-0.39, 0.29) is 24.7 Å². The van der Waals surface area contributed by atoms with Crippen molar-refractivity contribution in [3.8, 4) is 17.2 Å². The summed E-state index contributed by atoms with van der Waals surface area (Å²) in [6.07, 6.45) is -8.67. The molecular weight excluding hydrogens is 552 g/mol. The van der Waals surface area contributed by atoms with Crippen molar-refractivity contribution in [3.05, 3.63) is 58.8 Å². The van der Waals surface area contributed by atoms with Crippen molar-refractivity contribution in [1.29, 1.82) is 0 Å². The number of nitrogens with one attached hydrogen (secondary N) is 1. The van der Waals surface area contributed by atoms with Crippen molar-refractivity contribution in [2.24, 2.45) is 0 Å². The van der Waals surface area contributed by atoms with Gasteiger partial charge in [0.05, 0.1) is 12.1 Å². The van der Waals surface area contributed by atoms with Gasteiger partial charge in [0.2, 0.25) is 5.82 Å². The zero-order valence-corrected chi connectivity index (χ0v) is 21.3. The molecule has 4 rings (SSSR count). The standard InChI is InChI=1S/C24H24F8N8/c1-3-5-6-18-33-21(22(25,26)11-4-2)36-39(18)13-14-7-9-15(10-8-14)40-17(24(30,31)32)12-16(23(27,28)29)19(40)20-34-37-38-35-20/h7-10,12H,3-6,11,13H2,1-2H3,(H,34,35,37,38). The second-order valence-electron chi connectivity index (χ2n) is 9.11. The first-order valence-corrected chi connectivity index (χ1v) is 12.3. The SMILES string of the molecule is CCCCc1nc(C(F)(F)CCC)nn1Cc1ccc(-n2c(C(F)(F)F)cc(C(F)(F)F)c2-c2nnn[nH]2)cc1. The van der Waals surface area contributed by atoms with Gasteiger partial charge in [0.25, 0.3) is 0 Å².